The highest BCUT2D eigenvalue weighted by Crippen LogP contribution is 2.36. The van der Waals surface area contributed by atoms with Crippen molar-refractivity contribution >= 4 is 21.7 Å². The van der Waals surface area contributed by atoms with Crippen molar-refractivity contribution in [2.24, 2.45) is 0 Å². The average Bonchev–Trinajstić information content (AvgIpc) is 3.02. The van der Waals surface area contributed by atoms with Crippen molar-refractivity contribution < 1.29 is 17.5 Å². The fraction of sp³-hybridized carbons (Fsp3) is 0.316. The SMILES string of the molecule is Cc1ccccc1CN1c2ccccc2C(=O)N2CCN(OS(C)(=O)=O)C21. The van der Waals surface area contributed by atoms with Gasteiger partial charge < -0.3 is 9.80 Å². The van der Waals surface area contributed by atoms with Gasteiger partial charge >= 0.3 is 0 Å². The predicted octanol–water partition coefficient (Wildman–Crippen LogP) is 1.95. The molecule has 2 aromatic carbocycles. The lowest BCUT2D eigenvalue weighted by atomic mass is 10.0. The number of carbonyl (C=O) groups excluding carboxylic acids is 1. The first-order valence-electron chi connectivity index (χ1n) is 8.72. The Balaban J connectivity index is 1.79. The molecule has 0 spiro atoms. The Labute approximate surface area is 158 Å². The van der Waals surface area contributed by atoms with Gasteiger partial charge in [-0.25, -0.2) is 0 Å². The molecule has 1 atom stereocenters. The maximum atomic E-state index is 12.9. The molecule has 27 heavy (non-hydrogen) atoms. The first-order valence-corrected chi connectivity index (χ1v) is 10.5. The Bertz CT molecular complexity index is 992. The van der Waals surface area contributed by atoms with Crippen molar-refractivity contribution in [2.75, 3.05) is 24.2 Å². The zero-order valence-electron chi connectivity index (χ0n) is 15.2. The second kappa shape index (κ2) is 6.63. The monoisotopic (exact) mass is 387 g/mol. The molecule has 0 aromatic heterocycles. The van der Waals surface area contributed by atoms with E-state index in [2.05, 4.69) is 0 Å². The summed E-state index contributed by atoms with van der Waals surface area (Å²) in [7, 11) is -3.70. The molecule has 8 heteroatoms. The Morgan fingerprint density at radius 3 is 2.52 bits per heavy atom. The van der Waals surface area contributed by atoms with Crippen LogP contribution in [0.15, 0.2) is 48.5 Å². The smallest absolute Gasteiger partial charge is 0.280 e. The summed E-state index contributed by atoms with van der Waals surface area (Å²) in [6, 6.07) is 15.4. The summed E-state index contributed by atoms with van der Waals surface area (Å²) in [6.45, 7) is 3.29. The van der Waals surface area contributed by atoms with Crippen LogP contribution in [-0.4, -0.2) is 49.9 Å². The van der Waals surface area contributed by atoms with Gasteiger partial charge in [-0.2, -0.15) is 12.7 Å². The van der Waals surface area contributed by atoms with Gasteiger partial charge in [0.1, 0.15) is 0 Å². The van der Waals surface area contributed by atoms with Crippen LogP contribution in [-0.2, 0) is 20.9 Å². The molecule has 0 N–H and O–H groups in total. The Morgan fingerprint density at radius 2 is 1.78 bits per heavy atom. The van der Waals surface area contributed by atoms with Gasteiger partial charge in [0.05, 0.1) is 17.5 Å². The number of fused-ring (bicyclic) bond motifs is 2. The number of hydrogen-bond acceptors (Lipinski definition) is 6. The number of anilines is 1. The average molecular weight is 387 g/mol. The summed E-state index contributed by atoms with van der Waals surface area (Å²) in [6.07, 6.45) is 0.404. The largest absolute Gasteiger partial charge is 0.332 e. The third kappa shape index (κ3) is 3.31. The third-order valence-electron chi connectivity index (χ3n) is 4.91. The lowest BCUT2D eigenvalue weighted by molar-refractivity contribution is -0.0863. The Kier molecular flexibility index (Phi) is 4.41. The molecule has 2 aromatic rings. The number of carbonyl (C=O) groups is 1. The van der Waals surface area contributed by atoms with Crippen LogP contribution in [0.3, 0.4) is 0 Å². The van der Waals surface area contributed by atoms with E-state index in [0.717, 1.165) is 23.1 Å². The Morgan fingerprint density at radius 1 is 1.07 bits per heavy atom. The van der Waals surface area contributed by atoms with Crippen molar-refractivity contribution in [3.05, 3.63) is 65.2 Å². The predicted molar refractivity (Wildman–Crippen MR) is 101 cm³/mol. The van der Waals surface area contributed by atoms with E-state index in [9.17, 15) is 13.2 Å². The first kappa shape index (κ1) is 18.0. The second-order valence-corrected chi connectivity index (χ2v) is 8.39. The van der Waals surface area contributed by atoms with Crippen molar-refractivity contribution in [1.82, 2.24) is 9.96 Å². The van der Waals surface area contributed by atoms with Gasteiger partial charge in [0.15, 0.2) is 6.29 Å². The van der Waals surface area contributed by atoms with Crippen LogP contribution in [0.5, 0.6) is 0 Å². The van der Waals surface area contributed by atoms with Crippen LogP contribution < -0.4 is 4.90 Å². The second-order valence-electron chi connectivity index (χ2n) is 6.84. The van der Waals surface area contributed by atoms with Crippen molar-refractivity contribution in [2.45, 2.75) is 19.8 Å². The minimum Gasteiger partial charge on any atom is -0.332 e. The summed E-state index contributed by atoms with van der Waals surface area (Å²) in [5, 5.41) is 1.38. The fourth-order valence-electron chi connectivity index (χ4n) is 3.69. The van der Waals surface area contributed by atoms with Crippen LogP contribution in [0.1, 0.15) is 21.5 Å². The number of amides is 1. The molecule has 142 valence electrons. The summed E-state index contributed by atoms with van der Waals surface area (Å²) < 4.78 is 28.6. The molecule has 1 amide bonds. The summed E-state index contributed by atoms with van der Waals surface area (Å²) >= 11 is 0. The van der Waals surface area contributed by atoms with E-state index in [-0.39, 0.29) is 5.91 Å². The zero-order chi connectivity index (χ0) is 19.2. The van der Waals surface area contributed by atoms with Crippen molar-refractivity contribution in [3.8, 4) is 0 Å². The van der Waals surface area contributed by atoms with Crippen LogP contribution in [0.4, 0.5) is 5.69 Å². The summed E-state index contributed by atoms with van der Waals surface area (Å²) in [4.78, 5) is 16.6. The van der Waals surface area contributed by atoms with Crippen LogP contribution >= 0.6 is 0 Å². The van der Waals surface area contributed by atoms with Crippen LogP contribution in [0.2, 0.25) is 0 Å². The van der Waals surface area contributed by atoms with E-state index in [4.69, 9.17) is 4.28 Å². The highest BCUT2D eigenvalue weighted by Gasteiger charge is 2.46. The third-order valence-corrected chi connectivity index (χ3v) is 5.38. The highest BCUT2D eigenvalue weighted by molar-refractivity contribution is 7.85. The highest BCUT2D eigenvalue weighted by atomic mass is 32.2. The first-order chi connectivity index (χ1) is 12.8. The van der Waals surface area contributed by atoms with Crippen molar-refractivity contribution in [3.63, 3.8) is 0 Å². The maximum Gasteiger partial charge on any atom is 0.280 e. The molecule has 0 radical (unpaired) electrons. The molecule has 0 aliphatic carbocycles. The van der Waals surface area contributed by atoms with Crippen molar-refractivity contribution in [1.29, 1.82) is 0 Å². The minimum atomic E-state index is -3.70. The number of benzene rings is 2. The molecule has 7 nitrogen and oxygen atoms in total. The van der Waals surface area contributed by atoms with Gasteiger partial charge in [0, 0.05) is 19.6 Å². The van der Waals surface area contributed by atoms with Gasteiger partial charge in [0.25, 0.3) is 16.0 Å². The fourth-order valence-corrected chi connectivity index (χ4v) is 4.19. The van der Waals surface area contributed by atoms with Crippen LogP contribution in [0.25, 0.3) is 0 Å². The summed E-state index contributed by atoms with van der Waals surface area (Å²) in [5.41, 5.74) is 3.62. The van der Waals surface area contributed by atoms with Gasteiger partial charge in [-0.15, -0.1) is 5.06 Å². The van der Waals surface area contributed by atoms with Crippen LogP contribution in [0, 0.1) is 6.92 Å². The minimum absolute atomic E-state index is 0.115. The quantitative estimate of drug-likeness (QED) is 0.799. The lowest BCUT2D eigenvalue weighted by Crippen LogP contribution is -2.57. The van der Waals surface area contributed by atoms with E-state index >= 15 is 0 Å². The molecule has 2 aliphatic heterocycles. The number of hydroxylamine groups is 2. The molecule has 2 heterocycles. The van der Waals surface area contributed by atoms with Gasteiger partial charge in [-0.1, -0.05) is 36.4 Å². The molecule has 0 saturated carbocycles. The topological polar surface area (TPSA) is 70.2 Å². The van der Waals surface area contributed by atoms with Gasteiger partial charge in [-0.3, -0.25) is 4.79 Å². The number of nitrogens with zero attached hydrogens (tertiary/aromatic N) is 3. The van der Waals surface area contributed by atoms with E-state index < -0.39 is 16.4 Å². The maximum absolute atomic E-state index is 12.9. The van der Waals surface area contributed by atoms with Gasteiger partial charge in [0.2, 0.25) is 0 Å². The van der Waals surface area contributed by atoms with E-state index in [1.807, 2.05) is 54.3 Å². The molecule has 1 unspecified atom stereocenters. The number of rotatable bonds is 4. The molecule has 1 saturated heterocycles. The summed E-state index contributed by atoms with van der Waals surface area (Å²) in [5.74, 6) is -0.115. The van der Waals surface area contributed by atoms with Gasteiger partial charge in [-0.05, 0) is 30.2 Å². The normalized spacial score (nSPS) is 19.9. The number of hydrogen-bond donors (Lipinski definition) is 0. The molecule has 4 rings (SSSR count). The number of aryl methyl sites for hydroxylation is 1. The molecular weight excluding hydrogens is 366 g/mol. The molecule has 2 aliphatic rings. The van der Waals surface area contributed by atoms with E-state index in [1.165, 1.54) is 5.06 Å². The molecule has 1 fully saturated rings. The lowest BCUT2D eigenvalue weighted by Gasteiger charge is -2.43. The molecule has 0 bridgehead atoms. The number of para-hydroxylation sites is 1. The Hall–Kier alpha value is -2.42. The zero-order valence-corrected chi connectivity index (χ0v) is 16.0. The van der Waals surface area contributed by atoms with E-state index in [0.29, 0.717) is 25.2 Å². The molecular formula is C19H21N3O4S. The van der Waals surface area contributed by atoms with E-state index in [1.54, 1.807) is 11.0 Å². The standard InChI is InChI=1S/C19H21N3O4S/c1-14-7-3-4-8-15(14)13-21-17-10-6-5-9-16(17)18(23)20-11-12-22(19(20)21)26-27(2,24)25/h3-10,19H,11-13H2,1-2H3.